The van der Waals surface area contributed by atoms with E-state index in [1.165, 1.54) is 13.8 Å². The van der Waals surface area contributed by atoms with Gasteiger partial charge in [0, 0.05) is 125 Å². The van der Waals surface area contributed by atoms with Crippen molar-refractivity contribution < 1.29 is 219 Å². The molecule has 1 amide bonds. The van der Waals surface area contributed by atoms with Crippen LogP contribution in [0.2, 0.25) is 0 Å². The predicted molar refractivity (Wildman–Crippen MR) is 375 cm³/mol. The maximum Gasteiger partial charge on any atom is 0.303 e. The second-order valence-corrected chi connectivity index (χ2v) is 27.9. The molecule has 1 N–H and O–H groups in total. The largest absolute Gasteiger partial charge is 0.463 e. The third-order valence-corrected chi connectivity index (χ3v) is 17.7. The van der Waals surface area contributed by atoms with E-state index in [4.69, 9.17) is 133 Å². The van der Waals surface area contributed by atoms with Gasteiger partial charge in [-0.1, -0.05) is 0 Å². The highest BCUT2D eigenvalue weighted by Gasteiger charge is 2.64. The fourth-order valence-electron chi connectivity index (χ4n) is 13.7. The molecule has 0 aliphatic carbocycles. The average molecular weight is 1730 g/mol. The molecule has 674 valence electrons. The molecule has 6 heterocycles. The van der Waals surface area contributed by atoms with Crippen molar-refractivity contribution in [3.05, 3.63) is 0 Å². The third kappa shape index (κ3) is 28.9. The van der Waals surface area contributed by atoms with Gasteiger partial charge in [-0.25, -0.2) is 0 Å². The number of rotatable bonds is 33. The van der Waals surface area contributed by atoms with Gasteiger partial charge >= 0.3 is 101 Å². The molecule has 47 nitrogen and oxygen atoms in total. The summed E-state index contributed by atoms with van der Waals surface area (Å²) in [5.74, 6) is -19.5. The molecule has 0 aromatic heterocycles. The lowest BCUT2D eigenvalue weighted by Crippen LogP contribution is -2.72. The van der Waals surface area contributed by atoms with Gasteiger partial charge in [0.05, 0.1) is 12.2 Å². The zero-order valence-electron chi connectivity index (χ0n) is 69.1. The minimum Gasteiger partial charge on any atom is -0.463 e. The van der Waals surface area contributed by atoms with Crippen LogP contribution in [-0.2, 0) is 219 Å². The highest BCUT2D eigenvalue weighted by atomic mass is 16.8. The molecule has 47 heteroatoms. The topological polar surface area (TPSA) is 578 Å². The number of hydrogen-bond donors (Lipinski definition) is 1. The summed E-state index contributed by atoms with van der Waals surface area (Å²) in [6.45, 7) is 14.6. The van der Waals surface area contributed by atoms with E-state index in [1.54, 1.807) is 0 Å². The Morgan fingerprint density at radius 3 is 0.725 bits per heavy atom. The number of ether oxygens (including phenoxy) is 28. The Morgan fingerprint density at radius 2 is 0.400 bits per heavy atom. The Kier molecular flexibility index (Phi) is 37.1. The van der Waals surface area contributed by atoms with Gasteiger partial charge in [-0.05, 0) is 13.8 Å². The number of carbonyl (C=O) groups excluding carboxylic acids is 18. The minimum absolute atomic E-state index is 0.690. The summed E-state index contributed by atoms with van der Waals surface area (Å²) in [6.07, 6.45) is -58.3. The first-order chi connectivity index (χ1) is 56.1. The maximum absolute atomic E-state index is 14.2. The molecule has 6 aliphatic rings. The molecule has 6 saturated heterocycles. The SMILES string of the molecule is CC(=O)NC1[C@H](O[C@@H]2C(OC(C)=O)[C@@H](O[C@H]3C(COC(C)=O)O[C@@H](O[C@@H]4C(COC(C)=O)O[C@@H](C)C(OC(C)=O)[C@H]4OC(C)=O)C(OC(C)=O)[C@H]3OC(C)=O)OC(COC(C)=O)[C@@H]2OC(C)=O)OC(COC(C)=O)[C@H](OC(C)=O)[C@@H]1O[C@@H]1OC(COC(C)=O)[C@H](OC(C)=O)[C@H](OC(C)=O)C1O[C@@H]1OC(C)[C@@H](OC(C)=O)C(OC(C)=O)[C@@H]1OC(C)=O. The fourth-order valence-corrected chi connectivity index (χ4v) is 13.7. The van der Waals surface area contributed by atoms with Crippen molar-refractivity contribution in [2.45, 2.75) is 322 Å². The molecule has 30 atom stereocenters. The Morgan fingerprint density at radius 1 is 0.200 bits per heavy atom. The van der Waals surface area contributed by atoms with Crippen molar-refractivity contribution in [3.63, 3.8) is 0 Å². The summed E-state index contributed by atoms with van der Waals surface area (Å²) < 4.78 is 169. The first-order valence-electron chi connectivity index (χ1n) is 37.3. The van der Waals surface area contributed by atoms with E-state index < -0.39 is 324 Å². The van der Waals surface area contributed by atoms with Gasteiger partial charge in [-0.2, -0.15) is 0 Å². The van der Waals surface area contributed by atoms with Crippen LogP contribution in [0.15, 0.2) is 0 Å². The summed E-state index contributed by atoms with van der Waals surface area (Å²) in [7, 11) is 0. The number of esters is 17. The normalized spacial score (nSPS) is 33.9. The Balaban J connectivity index is 1.66. The van der Waals surface area contributed by atoms with Crippen molar-refractivity contribution >= 4 is 107 Å². The summed E-state index contributed by atoms with van der Waals surface area (Å²) in [6, 6.07) is -2.19. The summed E-state index contributed by atoms with van der Waals surface area (Å²) in [4.78, 5) is 238. The molecule has 0 aromatic rings. The molecule has 6 fully saturated rings. The minimum atomic E-state index is -2.43. The smallest absolute Gasteiger partial charge is 0.303 e. The van der Waals surface area contributed by atoms with Crippen LogP contribution in [0.25, 0.3) is 0 Å². The van der Waals surface area contributed by atoms with E-state index in [2.05, 4.69) is 5.32 Å². The van der Waals surface area contributed by atoms with Crippen LogP contribution in [0.1, 0.15) is 138 Å². The van der Waals surface area contributed by atoms with Crippen LogP contribution in [-0.4, -0.2) is 324 Å². The van der Waals surface area contributed by atoms with Gasteiger partial charge in [0.25, 0.3) is 0 Å². The lowest BCUT2D eigenvalue weighted by molar-refractivity contribution is -0.392. The highest BCUT2D eigenvalue weighted by Crippen LogP contribution is 2.43. The highest BCUT2D eigenvalue weighted by molar-refractivity contribution is 5.74. The van der Waals surface area contributed by atoms with E-state index in [0.717, 1.165) is 125 Å². The zero-order valence-corrected chi connectivity index (χ0v) is 69.1. The molecule has 0 radical (unpaired) electrons. The molecule has 0 aromatic carbocycles. The van der Waals surface area contributed by atoms with Crippen LogP contribution in [0, 0.1) is 0 Å². The Hall–Kier alpha value is -9.98. The molecule has 6 aliphatic heterocycles. The number of hydrogen-bond acceptors (Lipinski definition) is 46. The van der Waals surface area contributed by atoms with E-state index in [9.17, 15) is 86.3 Å². The monoisotopic (exact) mass is 1730 g/mol. The van der Waals surface area contributed by atoms with Crippen LogP contribution >= 0.6 is 0 Å². The van der Waals surface area contributed by atoms with Crippen LogP contribution in [0.5, 0.6) is 0 Å². The first-order valence-corrected chi connectivity index (χ1v) is 37.3. The molecule has 120 heavy (non-hydrogen) atoms. The van der Waals surface area contributed by atoms with Gasteiger partial charge in [-0.15, -0.1) is 0 Å². The second kappa shape index (κ2) is 45.1. The van der Waals surface area contributed by atoms with Gasteiger partial charge < -0.3 is 138 Å². The summed E-state index contributed by atoms with van der Waals surface area (Å²) in [5.41, 5.74) is 0. The lowest BCUT2D eigenvalue weighted by atomic mass is 9.93. The van der Waals surface area contributed by atoms with Gasteiger partial charge in [-0.3, -0.25) is 86.3 Å². The van der Waals surface area contributed by atoms with Crippen molar-refractivity contribution in [2.75, 3.05) is 33.0 Å². The molecule has 6 rings (SSSR count). The quantitative estimate of drug-likeness (QED) is 0.0540. The fraction of sp³-hybridized carbons (Fsp3) is 0.753. The second-order valence-electron chi connectivity index (χ2n) is 27.9. The molecule has 0 saturated carbocycles. The van der Waals surface area contributed by atoms with Crippen molar-refractivity contribution in [1.82, 2.24) is 5.32 Å². The molecule has 0 bridgehead atoms. The summed E-state index contributed by atoms with van der Waals surface area (Å²) in [5, 5.41) is 2.55. The standard InChI is InChI=1S/C73H101NO46/c1-26-52(100-34(9)81)60(105-39(14)86)57(46(98-26)21-93-29(4)76)116-71-66(110-44(19)91)63(108-42(17)89)58(50(115-71)25-97-33(8)80)117-72-67(111-45(20)92)64(56(104-38(13)85)49(113-72)24-96-32(7)79)119-69-51(74-28(3)75)59(54(102-36(11)83)47(112-69)22-94-30(5)77)118-73-68(62(107-41(16)88)55(103-37(12)84)48(114-73)23-95-31(6)78)120-70-65(109-43(18)90)61(106-40(15)87)53(27(2)99-70)101-35(10)82/h26-27,46-73H,21-25H2,1-20H3,(H,74,75)/t26-,27?,46?,47?,48?,49?,50?,51?,52?,53+,54-,55-,56-,57+,58-,59+,60+,61?,62-,63-,64-,65-,66?,67?,68?,69-,70-,71-,72+,73-/m0/s1. The Labute approximate surface area is 685 Å². The van der Waals surface area contributed by atoms with Crippen molar-refractivity contribution in [1.29, 1.82) is 0 Å². The number of amides is 1. The van der Waals surface area contributed by atoms with Crippen molar-refractivity contribution in [3.8, 4) is 0 Å². The van der Waals surface area contributed by atoms with Gasteiger partial charge in [0.1, 0.15) is 94.0 Å². The molecular weight excluding hydrogens is 1630 g/mol. The van der Waals surface area contributed by atoms with E-state index in [0.29, 0.717) is 0 Å². The van der Waals surface area contributed by atoms with Gasteiger partial charge in [0.15, 0.2) is 111 Å². The molecule has 0 spiro atoms. The van der Waals surface area contributed by atoms with Crippen LogP contribution in [0.3, 0.4) is 0 Å². The number of carbonyl (C=O) groups is 18. The van der Waals surface area contributed by atoms with Gasteiger partial charge in [0.2, 0.25) is 5.91 Å². The van der Waals surface area contributed by atoms with E-state index in [1.807, 2.05) is 0 Å². The predicted octanol–water partition coefficient (Wildman–Crippen LogP) is -2.16. The molecular formula is C73H101NO46. The first kappa shape index (κ1) is 98.8. The van der Waals surface area contributed by atoms with E-state index in [-0.39, 0.29) is 0 Å². The van der Waals surface area contributed by atoms with Crippen molar-refractivity contribution in [2.24, 2.45) is 0 Å². The zero-order chi connectivity index (χ0) is 89.8. The lowest BCUT2D eigenvalue weighted by Gasteiger charge is -2.52. The maximum atomic E-state index is 14.2. The van der Waals surface area contributed by atoms with E-state index >= 15 is 0 Å². The molecule has 12 unspecified atom stereocenters. The van der Waals surface area contributed by atoms with Crippen LogP contribution in [0.4, 0.5) is 0 Å². The van der Waals surface area contributed by atoms with Crippen LogP contribution < -0.4 is 5.32 Å². The Bertz CT molecular complexity index is 3700. The third-order valence-electron chi connectivity index (χ3n) is 17.7. The average Bonchev–Trinajstić information content (AvgIpc) is 0.750. The summed E-state index contributed by atoms with van der Waals surface area (Å²) >= 11 is 0. The number of nitrogens with one attached hydrogen (secondary N) is 1.